The number of aryl methyl sites for hydroxylation is 1. The van der Waals surface area contributed by atoms with Crippen LogP contribution in [0.5, 0.6) is 0 Å². The van der Waals surface area contributed by atoms with Crippen LogP contribution in [0, 0.1) is 6.92 Å². The molecule has 0 aliphatic heterocycles. The number of halogens is 1. The van der Waals surface area contributed by atoms with Crippen molar-refractivity contribution in [3.05, 3.63) is 71.7 Å². The Hall–Kier alpha value is -2.22. The van der Waals surface area contributed by atoms with Gasteiger partial charge in [-0.15, -0.1) is 24.0 Å². The summed E-state index contributed by atoms with van der Waals surface area (Å²) >= 11 is 0. The maximum Gasteiger partial charge on any atom is 0.191 e. The van der Waals surface area contributed by atoms with E-state index in [0.29, 0.717) is 6.54 Å². The number of nitrogens with zero attached hydrogens (tertiary/aromatic N) is 3. The van der Waals surface area contributed by atoms with Gasteiger partial charge in [-0.2, -0.15) is 0 Å². The highest BCUT2D eigenvalue weighted by atomic mass is 127. The molecule has 3 aromatic rings. The number of fused-ring (bicyclic) bond motifs is 1. The van der Waals surface area contributed by atoms with Crippen LogP contribution in [0.2, 0.25) is 0 Å². The van der Waals surface area contributed by atoms with Gasteiger partial charge >= 0.3 is 0 Å². The molecule has 2 aromatic heterocycles. The van der Waals surface area contributed by atoms with Crippen LogP contribution in [0.3, 0.4) is 0 Å². The Labute approximate surface area is 177 Å². The number of pyridine rings is 2. The van der Waals surface area contributed by atoms with Crippen molar-refractivity contribution in [1.29, 1.82) is 0 Å². The average Bonchev–Trinajstić information content (AvgIpc) is 2.67. The van der Waals surface area contributed by atoms with Crippen molar-refractivity contribution in [3.63, 3.8) is 0 Å². The van der Waals surface area contributed by atoms with Gasteiger partial charge in [0.25, 0.3) is 0 Å². The van der Waals surface area contributed by atoms with Gasteiger partial charge in [-0.3, -0.25) is 9.97 Å². The van der Waals surface area contributed by atoms with Crippen LogP contribution in [-0.4, -0.2) is 29.0 Å². The van der Waals surface area contributed by atoms with Crippen molar-refractivity contribution in [2.24, 2.45) is 4.99 Å². The molecule has 27 heavy (non-hydrogen) atoms. The number of guanidine groups is 1. The molecule has 1 aromatic carbocycles. The highest BCUT2D eigenvalue weighted by Crippen LogP contribution is 2.16. The van der Waals surface area contributed by atoms with Crippen LogP contribution >= 0.6 is 24.0 Å². The van der Waals surface area contributed by atoms with Gasteiger partial charge in [-0.25, -0.2) is 4.99 Å². The fourth-order valence-electron chi connectivity index (χ4n) is 2.90. The molecule has 0 bridgehead atoms. The fraction of sp³-hybridized carbons (Fsp3) is 0.286. The Kier molecular flexibility index (Phi) is 8.44. The molecule has 0 spiro atoms. The summed E-state index contributed by atoms with van der Waals surface area (Å²) in [5, 5.41) is 7.88. The molecule has 0 amide bonds. The van der Waals surface area contributed by atoms with E-state index in [4.69, 9.17) is 4.99 Å². The summed E-state index contributed by atoms with van der Waals surface area (Å²) in [6.07, 6.45) is 6.54. The topological polar surface area (TPSA) is 62.2 Å². The van der Waals surface area contributed by atoms with Crippen molar-refractivity contribution in [1.82, 2.24) is 20.6 Å². The molecule has 0 saturated heterocycles. The van der Waals surface area contributed by atoms with Crippen molar-refractivity contribution in [2.45, 2.75) is 26.8 Å². The Bertz CT molecular complexity index is 889. The van der Waals surface area contributed by atoms with Crippen molar-refractivity contribution in [2.75, 3.05) is 13.1 Å². The Morgan fingerprint density at radius 1 is 1.04 bits per heavy atom. The third-order valence-electron chi connectivity index (χ3n) is 4.31. The van der Waals surface area contributed by atoms with Gasteiger partial charge < -0.3 is 10.6 Å². The number of aromatic nitrogens is 2. The second kappa shape index (κ2) is 10.8. The fourth-order valence-corrected chi connectivity index (χ4v) is 2.90. The standard InChI is InChI=1S/C21H25N5.HI/c1-3-23-21(25-13-9-17-8-11-22-14-16(17)2)26-15-18-10-12-24-20-7-5-4-6-19(18)20;/h4-8,10-12,14H,3,9,13,15H2,1-2H3,(H2,23,25,26);1H. The zero-order valence-corrected chi connectivity index (χ0v) is 18.1. The normalized spacial score (nSPS) is 11.1. The maximum atomic E-state index is 4.74. The van der Waals surface area contributed by atoms with Crippen LogP contribution in [0.25, 0.3) is 10.9 Å². The number of rotatable bonds is 6. The molecule has 0 saturated carbocycles. The second-order valence-corrected chi connectivity index (χ2v) is 6.16. The second-order valence-electron chi connectivity index (χ2n) is 6.16. The number of nitrogens with one attached hydrogen (secondary N) is 2. The third kappa shape index (κ3) is 5.89. The van der Waals surface area contributed by atoms with E-state index in [9.17, 15) is 0 Å². The van der Waals surface area contributed by atoms with E-state index in [0.717, 1.165) is 36.4 Å². The maximum absolute atomic E-state index is 4.74. The molecule has 0 aliphatic carbocycles. The predicted molar refractivity (Wildman–Crippen MR) is 123 cm³/mol. The molecule has 0 atom stereocenters. The quantitative estimate of drug-likeness (QED) is 0.323. The number of para-hydroxylation sites is 1. The molecular formula is C21H26IN5. The van der Waals surface area contributed by atoms with Crippen LogP contribution in [0.15, 0.2) is 60.0 Å². The third-order valence-corrected chi connectivity index (χ3v) is 4.31. The molecular weight excluding hydrogens is 449 g/mol. The number of benzene rings is 1. The van der Waals surface area contributed by atoms with E-state index in [-0.39, 0.29) is 24.0 Å². The van der Waals surface area contributed by atoms with Gasteiger partial charge in [-0.05, 0) is 55.2 Å². The summed E-state index contributed by atoms with van der Waals surface area (Å²) in [5.41, 5.74) is 4.71. The minimum atomic E-state index is 0. The summed E-state index contributed by atoms with van der Waals surface area (Å²) in [5.74, 6) is 0.833. The van der Waals surface area contributed by atoms with Gasteiger partial charge in [0, 0.05) is 37.1 Å². The zero-order valence-electron chi connectivity index (χ0n) is 15.8. The van der Waals surface area contributed by atoms with Gasteiger partial charge in [-0.1, -0.05) is 18.2 Å². The highest BCUT2D eigenvalue weighted by molar-refractivity contribution is 14.0. The highest BCUT2D eigenvalue weighted by Gasteiger charge is 2.03. The molecule has 0 radical (unpaired) electrons. The van der Waals surface area contributed by atoms with Gasteiger partial charge in [0.15, 0.2) is 5.96 Å². The molecule has 142 valence electrons. The molecule has 0 fully saturated rings. The SMILES string of the molecule is CCNC(=NCc1ccnc2ccccc12)NCCc1ccncc1C.I. The molecule has 5 nitrogen and oxygen atoms in total. The monoisotopic (exact) mass is 475 g/mol. The van der Waals surface area contributed by atoms with Crippen LogP contribution in [0.4, 0.5) is 0 Å². The molecule has 3 rings (SSSR count). The van der Waals surface area contributed by atoms with E-state index in [2.05, 4.69) is 46.6 Å². The number of hydrogen-bond acceptors (Lipinski definition) is 3. The van der Waals surface area contributed by atoms with Crippen molar-refractivity contribution >= 4 is 40.8 Å². The average molecular weight is 475 g/mol. The minimum Gasteiger partial charge on any atom is -0.357 e. The lowest BCUT2D eigenvalue weighted by molar-refractivity contribution is 0.797. The Morgan fingerprint density at radius 2 is 1.85 bits per heavy atom. The number of aliphatic imine (C=N–C) groups is 1. The van der Waals surface area contributed by atoms with Gasteiger partial charge in [0.2, 0.25) is 0 Å². The smallest absolute Gasteiger partial charge is 0.191 e. The molecule has 2 heterocycles. The molecule has 6 heteroatoms. The van der Waals surface area contributed by atoms with E-state index < -0.39 is 0 Å². The van der Waals surface area contributed by atoms with Crippen molar-refractivity contribution in [3.8, 4) is 0 Å². The predicted octanol–water partition coefficient (Wildman–Crippen LogP) is 3.85. The number of hydrogen-bond donors (Lipinski definition) is 2. The van der Waals surface area contributed by atoms with Gasteiger partial charge in [0.1, 0.15) is 0 Å². The minimum absolute atomic E-state index is 0. The molecule has 0 aliphatic rings. The lowest BCUT2D eigenvalue weighted by Gasteiger charge is -2.12. The van der Waals surface area contributed by atoms with E-state index in [1.54, 1.807) is 0 Å². The van der Waals surface area contributed by atoms with Crippen LogP contribution in [0.1, 0.15) is 23.6 Å². The first-order valence-electron chi connectivity index (χ1n) is 9.02. The van der Waals surface area contributed by atoms with E-state index >= 15 is 0 Å². The van der Waals surface area contributed by atoms with E-state index in [1.165, 1.54) is 16.7 Å². The largest absolute Gasteiger partial charge is 0.357 e. The summed E-state index contributed by atoms with van der Waals surface area (Å²) in [6, 6.07) is 12.3. The molecule has 0 unspecified atom stereocenters. The van der Waals surface area contributed by atoms with Crippen molar-refractivity contribution < 1.29 is 0 Å². The summed E-state index contributed by atoms with van der Waals surface area (Å²) < 4.78 is 0. The summed E-state index contributed by atoms with van der Waals surface area (Å²) in [4.78, 5) is 13.3. The Balaban J connectivity index is 0.00000261. The van der Waals surface area contributed by atoms with Gasteiger partial charge in [0.05, 0.1) is 12.1 Å². The lowest BCUT2D eigenvalue weighted by Crippen LogP contribution is -2.38. The first kappa shape index (κ1) is 21.1. The van der Waals surface area contributed by atoms with Crippen LogP contribution < -0.4 is 10.6 Å². The Morgan fingerprint density at radius 3 is 2.67 bits per heavy atom. The summed E-state index contributed by atoms with van der Waals surface area (Å²) in [6.45, 7) is 6.44. The van der Waals surface area contributed by atoms with Crippen LogP contribution in [-0.2, 0) is 13.0 Å². The summed E-state index contributed by atoms with van der Waals surface area (Å²) in [7, 11) is 0. The van der Waals surface area contributed by atoms with E-state index in [1.807, 2.05) is 42.9 Å². The zero-order chi connectivity index (χ0) is 18.2. The first-order valence-corrected chi connectivity index (χ1v) is 9.02. The molecule has 2 N–H and O–H groups in total. The lowest BCUT2D eigenvalue weighted by atomic mass is 10.1. The first-order chi connectivity index (χ1) is 12.8.